The van der Waals surface area contributed by atoms with Crippen molar-refractivity contribution in [3.63, 3.8) is 0 Å². The standard InChI is InChI=1S/C15H15N3OS2/c1-9-7-16-14(17-8-9)13(19)10(2)20-15-18-11-5-3-4-6-12(11)21-15/h3-8,10,13,19H,1-2H3/t10-,13-/m0/s1. The van der Waals surface area contributed by atoms with E-state index in [0.717, 1.165) is 20.1 Å². The monoisotopic (exact) mass is 317 g/mol. The molecule has 4 nitrogen and oxygen atoms in total. The minimum Gasteiger partial charge on any atom is -0.384 e. The van der Waals surface area contributed by atoms with Crippen LogP contribution in [-0.2, 0) is 0 Å². The molecule has 3 rings (SSSR count). The van der Waals surface area contributed by atoms with Crippen LogP contribution < -0.4 is 0 Å². The number of aliphatic hydroxyl groups is 1. The number of hydrogen-bond acceptors (Lipinski definition) is 6. The molecular formula is C15H15N3OS2. The van der Waals surface area contributed by atoms with Gasteiger partial charge in [-0.25, -0.2) is 15.0 Å². The highest BCUT2D eigenvalue weighted by Crippen LogP contribution is 2.35. The highest BCUT2D eigenvalue weighted by molar-refractivity contribution is 8.01. The predicted octanol–water partition coefficient (Wildman–Crippen LogP) is 3.61. The van der Waals surface area contributed by atoms with Gasteiger partial charge in [-0.1, -0.05) is 23.9 Å². The minimum atomic E-state index is -0.706. The lowest BCUT2D eigenvalue weighted by Gasteiger charge is -2.15. The van der Waals surface area contributed by atoms with Crippen LogP contribution in [0.1, 0.15) is 24.4 Å². The summed E-state index contributed by atoms with van der Waals surface area (Å²) in [7, 11) is 0. The summed E-state index contributed by atoms with van der Waals surface area (Å²) < 4.78 is 2.11. The lowest BCUT2D eigenvalue weighted by atomic mass is 10.2. The van der Waals surface area contributed by atoms with Gasteiger partial charge in [0.1, 0.15) is 6.10 Å². The molecule has 0 aliphatic carbocycles. The maximum atomic E-state index is 10.3. The van der Waals surface area contributed by atoms with Crippen LogP contribution in [0, 0.1) is 6.92 Å². The Labute approximate surface area is 131 Å². The molecule has 1 aromatic carbocycles. The molecule has 0 saturated carbocycles. The maximum Gasteiger partial charge on any atom is 0.157 e. The van der Waals surface area contributed by atoms with Gasteiger partial charge in [-0.3, -0.25) is 0 Å². The fourth-order valence-corrected chi connectivity index (χ4v) is 4.22. The van der Waals surface area contributed by atoms with Gasteiger partial charge in [0.25, 0.3) is 0 Å². The van der Waals surface area contributed by atoms with Crippen molar-refractivity contribution < 1.29 is 5.11 Å². The first-order valence-corrected chi connectivity index (χ1v) is 8.32. The van der Waals surface area contributed by atoms with E-state index in [1.54, 1.807) is 35.5 Å². The van der Waals surface area contributed by atoms with E-state index in [-0.39, 0.29) is 5.25 Å². The van der Waals surface area contributed by atoms with Crippen molar-refractivity contribution in [2.45, 2.75) is 29.5 Å². The summed E-state index contributed by atoms with van der Waals surface area (Å²) in [6.45, 7) is 3.89. The van der Waals surface area contributed by atoms with E-state index in [2.05, 4.69) is 21.0 Å². The molecule has 0 radical (unpaired) electrons. The fraction of sp³-hybridized carbons (Fsp3) is 0.267. The van der Waals surface area contributed by atoms with Crippen LogP contribution in [0.2, 0.25) is 0 Å². The van der Waals surface area contributed by atoms with Crippen LogP contribution in [0.4, 0.5) is 0 Å². The van der Waals surface area contributed by atoms with Crippen LogP contribution in [0.15, 0.2) is 41.0 Å². The lowest BCUT2D eigenvalue weighted by Crippen LogP contribution is -2.14. The molecule has 0 saturated heterocycles. The van der Waals surface area contributed by atoms with Gasteiger partial charge in [-0.2, -0.15) is 0 Å². The van der Waals surface area contributed by atoms with Crippen LogP contribution in [0.3, 0.4) is 0 Å². The van der Waals surface area contributed by atoms with Crippen molar-refractivity contribution in [3.8, 4) is 0 Å². The van der Waals surface area contributed by atoms with Crippen molar-refractivity contribution >= 4 is 33.3 Å². The molecule has 2 atom stereocenters. The number of para-hydroxylation sites is 1. The van der Waals surface area contributed by atoms with Gasteiger partial charge in [-0.15, -0.1) is 11.3 Å². The summed E-state index contributed by atoms with van der Waals surface area (Å²) in [6, 6.07) is 8.05. The average Bonchev–Trinajstić information content (AvgIpc) is 2.89. The topological polar surface area (TPSA) is 58.9 Å². The summed E-state index contributed by atoms with van der Waals surface area (Å²) in [6.07, 6.45) is 2.74. The second-order valence-corrected chi connectivity index (χ2v) is 7.49. The number of thiazole rings is 1. The summed E-state index contributed by atoms with van der Waals surface area (Å²) in [5, 5.41) is 10.3. The minimum absolute atomic E-state index is 0.0618. The number of rotatable bonds is 4. The average molecular weight is 317 g/mol. The second kappa shape index (κ2) is 6.09. The third-order valence-corrected chi connectivity index (χ3v) is 5.36. The number of aryl methyl sites for hydroxylation is 1. The largest absolute Gasteiger partial charge is 0.384 e. The van der Waals surface area contributed by atoms with Gasteiger partial charge in [-0.05, 0) is 31.5 Å². The van der Waals surface area contributed by atoms with Gasteiger partial charge >= 0.3 is 0 Å². The molecule has 6 heteroatoms. The molecule has 0 spiro atoms. The van der Waals surface area contributed by atoms with Crippen molar-refractivity contribution in [1.29, 1.82) is 0 Å². The first kappa shape index (κ1) is 14.4. The van der Waals surface area contributed by atoms with Crippen LogP contribution in [0.5, 0.6) is 0 Å². The normalized spacial score (nSPS) is 14.2. The molecule has 3 aromatic rings. The van der Waals surface area contributed by atoms with E-state index in [1.807, 2.05) is 32.0 Å². The number of fused-ring (bicyclic) bond motifs is 1. The van der Waals surface area contributed by atoms with Crippen molar-refractivity contribution in [1.82, 2.24) is 15.0 Å². The van der Waals surface area contributed by atoms with Crippen LogP contribution in [0.25, 0.3) is 10.2 Å². The van der Waals surface area contributed by atoms with Crippen molar-refractivity contribution in [2.75, 3.05) is 0 Å². The Morgan fingerprint density at radius 3 is 2.62 bits per heavy atom. The van der Waals surface area contributed by atoms with Crippen molar-refractivity contribution in [3.05, 3.63) is 48.0 Å². The zero-order valence-corrected chi connectivity index (χ0v) is 13.4. The molecule has 108 valence electrons. The van der Waals surface area contributed by atoms with E-state index in [0.29, 0.717) is 5.82 Å². The highest BCUT2D eigenvalue weighted by Gasteiger charge is 2.21. The Balaban J connectivity index is 1.75. The van der Waals surface area contributed by atoms with E-state index in [4.69, 9.17) is 0 Å². The fourth-order valence-electron chi connectivity index (χ4n) is 1.89. The number of nitrogens with zero attached hydrogens (tertiary/aromatic N) is 3. The lowest BCUT2D eigenvalue weighted by molar-refractivity contribution is 0.169. The van der Waals surface area contributed by atoms with E-state index >= 15 is 0 Å². The molecule has 2 aromatic heterocycles. The first-order valence-electron chi connectivity index (χ1n) is 6.62. The second-order valence-electron chi connectivity index (χ2n) is 4.83. The van der Waals surface area contributed by atoms with Gasteiger partial charge in [0, 0.05) is 17.6 Å². The van der Waals surface area contributed by atoms with Gasteiger partial charge in [0.15, 0.2) is 10.2 Å². The van der Waals surface area contributed by atoms with Crippen molar-refractivity contribution in [2.24, 2.45) is 0 Å². The molecule has 2 heterocycles. The quantitative estimate of drug-likeness (QED) is 0.745. The molecule has 0 amide bonds. The Hall–Kier alpha value is -1.50. The molecule has 0 aliphatic rings. The molecule has 0 unspecified atom stereocenters. The Morgan fingerprint density at radius 2 is 1.90 bits per heavy atom. The molecular weight excluding hydrogens is 302 g/mol. The molecule has 0 fully saturated rings. The van der Waals surface area contributed by atoms with Crippen LogP contribution >= 0.6 is 23.1 Å². The zero-order valence-electron chi connectivity index (χ0n) is 11.7. The number of aliphatic hydroxyl groups excluding tert-OH is 1. The SMILES string of the molecule is Cc1cnc([C@@H](O)[C@H](C)Sc2nc3ccccc3s2)nc1. The highest BCUT2D eigenvalue weighted by atomic mass is 32.2. The molecule has 0 aliphatic heterocycles. The van der Waals surface area contributed by atoms with E-state index in [9.17, 15) is 5.11 Å². The Morgan fingerprint density at radius 1 is 1.19 bits per heavy atom. The summed E-state index contributed by atoms with van der Waals surface area (Å²) in [5.41, 5.74) is 1.98. The zero-order chi connectivity index (χ0) is 14.8. The molecule has 21 heavy (non-hydrogen) atoms. The Kier molecular flexibility index (Phi) is 4.19. The van der Waals surface area contributed by atoms with Gasteiger partial charge in [0.2, 0.25) is 0 Å². The summed E-state index contributed by atoms with van der Waals surface area (Å²) in [5.74, 6) is 0.460. The first-order chi connectivity index (χ1) is 10.1. The predicted molar refractivity (Wildman–Crippen MR) is 86.7 cm³/mol. The number of thioether (sulfide) groups is 1. The summed E-state index contributed by atoms with van der Waals surface area (Å²) >= 11 is 3.19. The van der Waals surface area contributed by atoms with Crippen LogP contribution in [-0.4, -0.2) is 25.3 Å². The maximum absolute atomic E-state index is 10.3. The Bertz CT molecular complexity index is 709. The van der Waals surface area contributed by atoms with Gasteiger partial charge in [0.05, 0.1) is 10.2 Å². The van der Waals surface area contributed by atoms with E-state index in [1.165, 1.54) is 0 Å². The third kappa shape index (κ3) is 3.23. The molecule has 1 N–H and O–H groups in total. The number of benzene rings is 1. The number of aromatic nitrogens is 3. The smallest absolute Gasteiger partial charge is 0.157 e. The van der Waals surface area contributed by atoms with Gasteiger partial charge < -0.3 is 5.11 Å². The summed E-state index contributed by atoms with van der Waals surface area (Å²) in [4.78, 5) is 13.0. The third-order valence-electron chi connectivity index (χ3n) is 3.07. The molecule has 0 bridgehead atoms. The van der Waals surface area contributed by atoms with E-state index < -0.39 is 6.10 Å². The number of hydrogen-bond donors (Lipinski definition) is 1.